The summed E-state index contributed by atoms with van der Waals surface area (Å²) in [6.07, 6.45) is 1.66. The van der Waals surface area contributed by atoms with Gasteiger partial charge in [0.1, 0.15) is 5.82 Å². The first-order valence-electron chi connectivity index (χ1n) is 10.1. The van der Waals surface area contributed by atoms with Gasteiger partial charge >= 0.3 is 5.97 Å². The maximum Gasteiger partial charge on any atom is 0.317 e. The SMILES string of the molecule is C[C@H](OC(=O)C1(c2ccccc2F)CCCC1)C(=O)NCc1ccc2c(c1)OCO2. The van der Waals surface area contributed by atoms with Crippen LogP contribution in [0.25, 0.3) is 0 Å². The maximum absolute atomic E-state index is 14.4. The summed E-state index contributed by atoms with van der Waals surface area (Å²) >= 11 is 0. The van der Waals surface area contributed by atoms with Gasteiger partial charge in [0.15, 0.2) is 17.6 Å². The zero-order valence-corrected chi connectivity index (χ0v) is 16.8. The Morgan fingerprint density at radius 3 is 2.63 bits per heavy atom. The number of hydrogen-bond acceptors (Lipinski definition) is 5. The third-order valence-electron chi connectivity index (χ3n) is 5.79. The van der Waals surface area contributed by atoms with E-state index < -0.39 is 29.2 Å². The van der Waals surface area contributed by atoms with Crippen molar-refractivity contribution in [2.75, 3.05) is 6.79 Å². The van der Waals surface area contributed by atoms with E-state index in [-0.39, 0.29) is 13.3 Å². The normalized spacial score (nSPS) is 17.4. The molecule has 0 radical (unpaired) electrons. The van der Waals surface area contributed by atoms with Gasteiger partial charge in [-0.3, -0.25) is 9.59 Å². The fourth-order valence-electron chi connectivity index (χ4n) is 4.12. The van der Waals surface area contributed by atoms with Gasteiger partial charge < -0.3 is 19.5 Å². The first-order chi connectivity index (χ1) is 14.5. The highest BCUT2D eigenvalue weighted by molar-refractivity contribution is 5.88. The lowest BCUT2D eigenvalue weighted by Crippen LogP contribution is -2.42. The number of ether oxygens (including phenoxy) is 3. The number of esters is 1. The number of amides is 1. The molecular formula is C23H24FNO5. The highest BCUT2D eigenvalue weighted by Crippen LogP contribution is 2.43. The lowest BCUT2D eigenvalue weighted by molar-refractivity contribution is -0.160. The summed E-state index contributed by atoms with van der Waals surface area (Å²) in [5.41, 5.74) is 0.155. The number of benzene rings is 2. The minimum Gasteiger partial charge on any atom is -0.454 e. The zero-order chi connectivity index (χ0) is 21.1. The minimum absolute atomic E-state index is 0.182. The summed E-state index contributed by atoms with van der Waals surface area (Å²) in [7, 11) is 0. The molecule has 4 rings (SSSR count). The van der Waals surface area contributed by atoms with Crippen LogP contribution in [0.5, 0.6) is 11.5 Å². The fraction of sp³-hybridized carbons (Fsp3) is 0.391. The summed E-state index contributed by atoms with van der Waals surface area (Å²) in [5, 5.41) is 2.76. The quantitative estimate of drug-likeness (QED) is 0.733. The monoisotopic (exact) mass is 413 g/mol. The molecule has 0 spiro atoms. The standard InChI is InChI=1S/C23H24FNO5/c1-15(21(26)25-13-16-8-9-19-20(12-16)29-14-28-19)30-22(27)23(10-4-5-11-23)17-6-2-3-7-18(17)24/h2-3,6-9,12,15H,4-5,10-11,13-14H2,1H3,(H,25,26)/t15-/m0/s1. The van der Waals surface area contributed by atoms with Crippen LogP contribution in [0, 0.1) is 5.82 Å². The molecule has 0 unspecified atom stereocenters. The van der Waals surface area contributed by atoms with E-state index in [4.69, 9.17) is 14.2 Å². The van der Waals surface area contributed by atoms with Crippen LogP contribution < -0.4 is 14.8 Å². The Morgan fingerprint density at radius 1 is 1.13 bits per heavy atom. The van der Waals surface area contributed by atoms with Crippen LogP contribution in [0.3, 0.4) is 0 Å². The Hall–Kier alpha value is -3.09. The molecule has 2 aromatic rings. The second kappa shape index (κ2) is 8.34. The average Bonchev–Trinajstić information content (AvgIpc) is 3.42. The van der Waals surface area contributed by atoms with E-state index in [1.54, 1.807) is 30.3 Å². The maximum atomic E-state index is 14.4. The molecule has 1 amide bonds. The molecule has 1 aliphatic heterocycles. The second-order valence-electron chi connectivity index (χ2n) is 7.72. The highest BCUT2D eigenvalue weighted by Gasteiger charge is 2.46. The molecular weight excluding hydrogens is 389 g/mol. The van der Waals surface area contributed by atoms with E-state index in [1.165, 1.54) is 13.0 Å². The van der Waals surface area contributed by atoms with Crippen molar-refractivity contribution < 1.29 is 28.2 Å². The molecule has 2 aliphatic rings. The molecule has 30 heavy (non-hydrogen) atoms. The number of rotatable bonds is 6. The Balaban J connectivity index is 1.39. The van der Waals surface area contributed by atoms with Crippen LogP contribution in [-0.2, 0) is 26.3 Å². The summed E-state index contributed by atoms with van der Waals surface area (Å²) in [4.78, 5) is 25.5. The fourth-order valence-corrected chi connectivity index (χ4v) is 4.12. The first-order valence-corrected chi connectivity index (χ1v) is 10.1. The van der Waals surface area contributed by atoms with E-state index >= 15 is 0 Å². The van der Waals surface area contributed by atoms with Crippen molar-refractivity contribution in [3.05, 3.63) is 59.4 Å². The molecule has 158 valence electrons. The van der Waals surface area contributed by atoms with Crippen LogP contribution in [0.1, 0.15) is 43.7 Å². The van der Waals surface area contributed by atoms with Gasteiger partial charge in [-0.25, -0.2) is 4.39 Å². The molecule has 1 saturated carbocycles. The van der Waals surface area contributed by atoms with E-state index in [0.29, 0.717) is 29.9 Å². The van der Waals surface area contributed by atoms with Crippen molar-refractivity contribution in [1.29, 1.82) is 0 Å². The molecule has 7 heteroatoms. The Labute approximate surface area is 174 Å². The van der Waals surface area contributed by atoms with Crippen molar-refractivity contribution in [3.8, 4) is 11.5 Å². The van der Waals surface area contributed by atoms with Gasteiger partial charge in [-0.15, -0.1) is 0 Å². The van der Waals surface area contributed by atoms with Gasteiger partial charge in [-0.2, -0.15) is 0 Å². The molecule has 1 atom stereocenters. The summed E-state index contributed by atoms with van der Waals surface area (Å²) in [6.45, 7) is 1.97. The summed E-state index contributed by atoms with van der Waals surface area (Å²) in [5.74, 6) is -0.0774. The third-order valence-corrected chi connectivity index (χ3v) is 5.79. The molecule has 6 nitrogen and oxygen atoms in total. The molecule has 1 fully saturated rings. The molecule has 1 heterocycles. The zero-order valence-electron chi connectivity index (χ0n) is 16.8. The number of hydrogen-bond donors (Lipinski definition) is 1. The Bertz CT molecular complexity index is 954. The lowest BCUT2D eigenvalue weighted by atomic mass is 9.78. The number of carbonyl (C=O) groups is 2. The number of nitrogens with one attached hydrogen (secondary N) is 1. The predicted molar refractivity (Wildman–Crippen MR) is 107 cm³/mol. The van der Waals surface area contributed by atoms with Crippen molar-refractivity contribution in [1.82, 2.24) is 5.32 Å². The van der Waals surface area contributed by atoms with Crippen LogP contribution in [0.2, 0.25) is 0 Å². The van der Waals surface area contributed by atoms with Crippen molar-refractivity contribution in [2.45, 2.75) is 50.7 Å². The molecule has 1 N–H and O–H groups in total. The van der Waals surface area contributed by atoms with E-state index in [0.717, 1.165) is 18.4 Å². The van der Waals surface area contributed by atoms with Crippen molar-refractivity contribution >= 4 is 11.9 Å². The van der Waals surface area contributed by atoms with Gasteiger partial charge in [0.2, 0.25) is 6.79 Å². The van der Waals surface area contributed by atoms with Crippen molar-refractivity contribution in [2.24, 2.45) is 0 Å². The molecule has 2 aromatic carbocycles. The first kappa shape index (κ1) is 20.2. The number of fused-ring (bicyclic) bond motifs is 1. The Morgan fingerprint density at radius 2 is 1.87 bits per heavy atom. The van der Waals surface area contributed by atoms with Gasteiger partial charge in [0.05, 0.1) is 5.41 Å². The highest BCUT2D eigenvalue weighted by atomic mass is 19.1. The topological polar surface area (TPSA) is 73.9 Å². The van der Waals surface area contributed by atoms with Gasteiger partial charge in [-0.1, -0.05) is 37.1 Å². The van der Waals surface area contributed by atoms with E-state index in [9.17, 15) is 14.0 Å². The van der Waals surface area contributed by atoms with Crippen molar-refractivity contribution in [3.63, 3.8) is 0 Å². The van der Waals surface area contributed by atoms with Crippen LogP contribution in [-0.4, -0.2) is 24.8 Å². The van der Waals surface area contributed by atoms with E-state index in [1.807, 2.05) is 6.07 Å². The average molecular weight is 413 g/mol. The predicted octanol–water partition coefficient (Wildman–Crippen LogP) is 3.61. The number of halogens is 1. The molecule has 0 saturated heterocycles. The Kier molecular flexibility index (Phi) is 5.61. The molecule has 0 bridgehead atoms. The second-order valence-corrected chi connectivity index (χ2v) is 7.72. The van der Waals surface area contributed by atoms with Gasteiger partial charge in [0, 0.05) is 12.1 Å². The van der Waals surface area contributed by atoms with E-state index in [2.05, 4.69) is 5.32 Å². The lowest BCUT2D eigenvalue weighted by Gasteiger charge is -2.29. The van der Waals surface area contributed by atoms with Gasteiger partial charge in [-0.05, 0) is 43.5 Å². The largest absolute Gasteiger partial charge is 0.454 e. The van der Waals surface area contributed by atoms with Gasteiger partial charge in [0.25, 0.3) is 5.91 Å². The summed E-state index contributed by atoms with van der Waals surface area (Å²) in [6, 6.07) is 11.7. The minimum atomic E-state index is -1.03. The summed E-state index contributed by atoms with van der Waals surface area (Å²) < 4.78 is 30.5. The molecule has 0 aromatic heterocycles. The van der Waals surface area contributed by atoms with Crippen LogP contribution >= 0.6 is 0 Å². The third kappa shape index (κ3) is 3.84. The van der Waals surface area contributed by atoms with Crippen LogP contribution in [0.15, 0.2) is 42.5 Å². The smallest absolute Gasteiger partial charge is 0.317 e. The molecule has 1 aliphatic carbocycles. The number of carbonyl (C=O) groups excluding carboxylic acids is 2. The van der Waals surface area contributed by atoms with Crippen LogP contribution in [0.4, 0.5) is 4.39 Å².